The van der Waals surface area contributed by atoms with Gasteiger partial charge in [-0.25, -0.2) is 0 Å². The van der Waals surface area contributed by atoms with E-state index in [0.29, 0.717) is 12.7 Å². The summed E-state index contributed by atoms with van der Waals surface area (Å²) in [5.74, 6) is 0. The molecule has 1 saturated heterocycles. The minimum absolute atomic E-state index is 0.0573. The molecule has 1 fully saturated rings. The van der Waals surface area contributed by atoms with Crippen LogP contribution in [0.5, 0.6) is 0 Å². The van der Waals surface area contributed by atoms with Crippen molar-refractivity contribution in [3.8, 4) is 0 Å². The molecule has 0 radical (unpaired) electrons. The quantitative estimate of drug-likeness (QED) is 0.587. The predicted molar refractivity (Wildman–Crippen MR) is 88.7 cm³/mol. The van der Waals surface area contributed by atoms with Crippen LogP contribution in [0.1, 0.15) is 57.4 Å². The first kappa shape index (κ1) is 17.5. The van der Waals surface area contributed by atoms with Gasteiger partial charge in [0.15, 0.2) is 6.29 Å². The largest absolute Gasteiger partial charge is 0.374 e. The number of benzene rings is 1. The Bertz CT molecular complexity index is 374. The minimum atomic E-state index is 0.0573. The number of ether oxygens (including phenoxy) is 3. The normalized spacial score (nSPS) is 20.0. The van der Waals surface area contributed by atoms with E-state index in [4.69, 9.17) is 14.2 Å². The molecule has 0 aromatic heterocycles. The molecule has 1 aromatic carbocycles. The van der Waals surface area contributed by atoms with Gasteiger partial charge < -0.3 is 14.2 Å². The van der Waals surface area contributed by atoms with Crippen LogP contribution in [0, 0.1) is 0 Å². The van der Waals surface area contributed by atoms with Crippen LogP contribution >= 0.6 is 0 Å². The summed E-state index contributed by atoms with van der Waals surface area (Å²) >= 11 is 0. The summed E-state index contributed by atoms with van der Waals surface area (Å²) in [6.45, 7) is 4.56. The van der Waals surface area contributed by atoms with E-state index >= 15 is 0 Å². The molecule has 0 amide bonds. The van der Waals surface area contributed by atoms with E-state index < -0.39 is 0 Å². The molecule has 1 heterocycles. The second-order valence-electron chi connectivity index (χ2n) is 6.12. The lowest BCUT2D eigenvalue weighted by molar-refractivity contribution is -0.162. The van der Waals surface area contributed by atoms with E-state index in [1.165, 1.54) is 31.2 Å². The number of hydrogen-bond donors (Lipinski definition) is 0. The molecule has 3 heteroatoms. The van der Waals surface area contributed by atoms with Crippen molar-refractivity contribution in [1.29, 1.82) is 0 Å². The van der Waals surface area contributed by atoms with Crippen LogP contribution in [-0.4, -0.2) is 25.6 Å². The minimum Gasteiger partial charge on any atom is -0.374 e. The number of unbranched alkanes of at least 4 members (excludes halogenated alkanes) is 2. The van der Waals surface area contributed by atoms with Gasteiger partial charge in [0.25, 0.3) is 0 Å². The highest BCUT2D eigenvalue weighted by Gasteiger charge is 2.13. The first-order valence-electron chi connectivity index (χ1n) is 8.73. The molecule has 2 unspecified atom stereocenters. The smallest absolute Gasteiger partial charge is 0.157 e. The van der Waals surface area contributed by atoms with Crippen LogP contribution in [-0.2, 0) is 20.8 Å². The highest BCUT2D eigenvalue weighted by Crippen LogP contribution is 2.15. The molecule has 0 bridgehead atoms. The van der Waals surface area contributed by atoms with Crippen LogP contribution in [0.25, 0.3) is 0 Å². The Morgan fingerprint density at radius 3 is 2.77 bits per heavy atom. The topological polar surface area (TPSA) is 27.7 Å². The van der Waals surface area contributed by atoms with Crippen LogP contribution in [0.3, 0.4) is 0 Å². The van der Waals surface area contributed by atoms with Gasteiger partial charge in [0.05, 0.1) is 12.7 Å². The number of rotatable bonds is 10. The van der Waals surface area contributed by atoms with E-state index in [1.807, 2.05) is 6.07 Å². The molecule has 1 aliphatic heterocycles. The molecule has 22 heavy (non-hydrogen) atoms. The Balaban J connectivity index is 1.42. The fourth-order valence-corrected chi connectivity index (χ4v) is 2.66. The maximum Gasteiger partial charge on any atom is 0.157 e. The van der Waals surface area contributed by atoms with Gasteiger partial charge >= 0.3 is 0 Å². The number of hydrogen-bond acceptors (Lipinski definition) is 3. The van der Waals surface area contributed by atoms with Gasteiger partial charge in [0.1, 0.15) is 0 Å². The summed E-state index contributed by atoms with van der Waals surface area (Å²) < 4.78 is 17.2. The maximum absolute atomic E-state index is 5.88. The lowest BCUT2D eigenvalue weighted by atomic mass is 10.1. The summed E-state index contributed by atoms with van der Waals surface area (Å²) in [7, 11) is 0. The van der Waals surface area contributed by atoms with E-state index in [2.05, 4.69) is 31.2 Å². The Kier molecular flexibility index (Phi) is 8.54. The first-order valence-corrected chi connectivity index (χ1v) is 8.73. The molecule has 0 aliphatic carbocycles. The van der Waals surface area contributed by atoms with Gasteiger partial charge in [-0.15, -0.1) is 0 Å². The van der Waals surface area contributed by atoms with Gasteiger partial charge in [-0.3, -0.25) is 0 Å². The lowest BCUT2D eigenvalue weighted by Gasteiger charge is -2.22. The third-order valence-electron chi connectivity index (χ3n) is 4.07. The third-order valence-corrected chi connectivity index (χ3v) is 4.07. The first-order chi connectivity index (χ1) is 10.8. The molecule has 0 N–H and O–H groups in total. The lowest BCUT2D eigenvalue weighted by Crippen LogP contribution is -2.22. The average molecular weight is 306 g/mol. The van der Waals surface area contributed by atoms with E-state index in [0.717, 1.165) is 32.5 Å². The van der Waals surface area contributed by atoms with Gasteiger partial charge in [-0.2, -0.15) is 0 Å². The van der Waals surface area contributed by atoms with Crippen molar-refractivity contribution in [2.45, 2.75) is 70.9 Å². The Morgan fingerprint density at radius 2 is 2.00 bits per heavy atom. The molecule has 0 spiro atoms. The van der Waals surface area contributed by atoms with Crippen molar-refractivity contribution in [3.63, 3.8) is 0 Å². The van der Waals surface area contributed by atoms with Gasteiger partial charge in [0, 0.05) is 13.2 Å². The summed E-state index contributed by atoms with van der Waals surface area (Å²) in [5, 5.41) is 0. The van der Waals surface area contributed by atoms with E-state index in [-0.39, 0.29) is 6.29 Å². The zero-order valence-electron chi connectivity index (χ0n) is 13.8. The standard InChI is InChI=1S/C19H30O3/c1-17(22-16-18-11-5-2-6-12-18)10-4-3-8-14-20-19-13-7-9-15-21-19/h2,5-6,11-12,17,19H,3-4,7-10,13-16H2,1H3. The van der Waals surface area contributed by atoms with Crippen molar-refractivity contribution in [3.05, 3.63) is 35.9 Å². The average Bonchev–Trinajstić information content (AvgIpc) is 2.58. The fourth-order valence-electron chi connectivity index (χ4n) is 2.66. The molecule has 1 aliphatic rings. The predicted octanol–water partition coefficient (Wildman–Crippen LogP) is 4.70. The molecular formula is C19H30O3. The van der Waals surface area contributed by atoms with Crippen molar-refractivity contribution >= 4 is 0 Å². The second-order valence-corrected chi connectivity index (χ2v) is 6.12. The molecule has 0 saturated carbocycles. The summed E-state index contributed by atoms with van der Waals surface area (Å²) in [5.41, 5.74) is 1.25. The molecule has 2 rings (SSSR count). The highest BCUT2D eigenvalue weighted by molar-refractivity contribution is 5.13. The molecular weight excluding hydrogens is 276 g/mol. The van der Waals surface area contributed by atoms with Crippen LogP contribution in [0.4, 0.5) is 0 Å². The Labute approximate surface area is 135 Å². The summed E-state index contributed by atoms with van der Waals surface area (Å²) in [6, 6.07) is 10.4. The summed E-state index contributed by atoms with van der Waals surface area (Å²) in [4.78, 5) is 0. The molecule has 2 atom stereocenters. The van der Waals surface area contributed by atoms with Gasteiger partial charge in [-0.05, 0) is 44.6 Å². The van der Waals surface area contributed by atoms with Crippen molar-refractivity contribution in [2.24, 2.45) is 0 Å². The molecule has 1 aromatic rings. The Morgan fingerprint density at radius 1 is 1.14 bits per heavy atom. The van der Waals surface area contributed by atoms with Gasteiger partial charge in [-0.1, -0.05) is 43.2 Å². The van der Waals surface area contributed by atoms with Crippen LogP contribution < -0.4 is 0 Å². The molecule has 124 valence electrons. The third kappa shape index (κ3) is 7.39. The van der Waals surface area contributed by atoms with Crippen molar-refractivity contribution in [1.82, 2.24) is 0 Å². The van der Waals surface area contributed by atoms with Crippen molar-refractivity contribution in [2.75, 3.05) is 13.2 Å². The van der Waals surface area contributed by atoms with E-state index in [9.17, 15) is 0 Å². The zero-order valence-corrected chi connectivity index (χ0v) is 13.8. The van der Waals surface area contributed by atoms with Crippen molar-refractivity contribution < 1.29 is 14.2 Å². The van der Waals surface area contributed by atoms with Crippen LogP contribution in [0.2, 0.25) is 0 Å². The Hall–Kier alpha value is -0.900. The van der Waals surface area contributed by atoms with E-state index in [1.54, 1.807) is 0 Å². The van der Waals surface area contributed by atoms with Crippen LogP contribution in [0.15, 0.2) is 30.3 Å². The van der Waals surface area contributed by atoms with Gasteiger partial charge in [0.2, 0.25) is 0 Å². The summed E-state index contributed by atoms with van der Waals surface area (Å²) in [6.07, 6.45) is 8.49. The maximum atomic E-state index is 5.88. The fraction of sp³-hybridized carbons (Fsp3) is 0.684. The molecule has 3 nitrogen and oxygen atoms in total. The monoisotopic (exact) mass is 306 g/mol. The zero-order chi connectivity index (χ0) is 15.5. The second kappa shape index (κ2) is 10.8. The SMILES string of the molecule is CC(CCCCCOC1CCCCO1)OCc1ccccc1. The highest BCUT2D eigenvalue weighted by atomic mass is 16.7.